The van der Waals surface area contributed by atoms with Crippen LogP contribution < -0.4 is 15.4 Å². The molecule has 0 radical (unpaired) electrons. The van der Waals surface area contributed by atoms with Crippen LogP contribution in [0.1, 0.15) is 0 Å². The monoisotopic (exact) mass is 380 g/mol. The van der Waals surface area contributed by atoms with Gasteiger partial charge in [-0.2, -0.15) is 0 Å². The van der Waals surface area contributed by atoms with Gasteiger partial charge in [0.05, 0.1) is 24.8 Å². The summed E-state index contributed by atoms with van der Waals surface area (Å²) >= 11 is 0. The van der Waals surface area contributed by atoms with Crippen LogP contribution >= 0.6 is 0 Å². The molecule has 4 aromatic rings. The fourth-order valence-electron chi connectivity index (χ4n) is 3.37. The lowest BCUT2D eigenvalue weighted by Crippen LogP contribution is -2.36. The Morgan fingerprint density at radius 1 is 1.14 bits per heavy atom. The van der Waals surface area contributed by atoms with E-state index in [1.807, 2.05) is 18.2 Å². The van der Waals surface area contributed by atoms with E-state index in [9.17, 15) is 0 Å². The molecule has 1 saturated heterocycles. The van der Waals surface area contributed by atoms with Crippen LogP contribution in [0.5, 0.6) is 5.88 Å². The molecule has 28 heavy (non-hydrogen) atoms. The fraction of sp³-hybridized carbons (Fsp3) is 0.316. The molecular weight excluding hydrogens is 360 g/mol. The molecule has 0 atom stereocenters. The van der Waals surface area contributed by atoms with Crippen LogP contribution in [0.3, 0.4) is 0 Å². The highest BCUT2D eigenvalue weighted by atomic mass is 16.5. The molecule has 0 unspecified atom stereocenters. The molecule has 0 saturated carbocycles. The molecule has 0 aliphatic carbocycles. The Bertz CT molecular complexity index is 1120. The fourth-order valence-corrected chi connectivity index (χ4v) is 3.37. The van der Waals surface area contributed by atoms with E-state index in [0.29, 0.717) is 43.7 Å². The zero-order valence-electron chi connectivity index (χ0n) is 15.2. The van der Waals surface area contributed by atoms with Crippen LogP contribution in [0.25, 0.3) is 28.1 Å². The van der Waals surface area contributed by atoms with Crippen molar-refractivity contribution in [2.45, 2.75) is 0 Å². The Balaban J connectivity index is 1.57. The number of hydrogen-bond acceptors (Lipinski definition) is 8. The van der Waals surface area contributed by atoms with Gasteiger partial charge in [-0.25, -0.2) is 14.5 Å². The zero-order valence-corrected chi connectivity index (χ0v) is 15.2. The summed E-state index contributed by atoms with van der Waals surface area (Å²) in [6, 6.07) is 7.49. The summed E-state index contributed by atoms with van der Waals surface area (Å²) in [4.78, 5) is 11.2. The highest BCUT2D eigenvalue weighted by molar-refractivity contribution is 5.92. The van der Waals surface area contributed by atoms with Gasteiger partial charge >= 0.3 is 0 Å². The number of anilines is 1. The van der Waals surface area contributed by atoms with Gasteiger partial charge in [0.25, 0.3) is 0 Å². The average molecular weight is 380 g/mol. The Morgan fingerprint density at radius 3 is 2.89 bits per heavy atom. The molecule has 2 N–H and O–H groups in total. The number of nitrogens with zero attached hydrogens (tertiary/aromatic N) is 5. The summed E-state index contributed by atoms with van der Waals surface area (Å²) in [6.07, 6.45) is 3.51. The van der Waals surface area contributed by atoms with Crippen LogP contribution in [0.4, 0.5) is 5.82 Å². The normalized spacial score (nSPS) is 14.8. The Kier molecular flexibility index (Phi) is 4.30. The maximum atomic E-state index is 6.11. The van der Waals surface area contributed by atoms with Crippen molar-refractivity contribution in [1.82, 2.24) is 19.6 Å². The van der Waals surface area contributed by atoms with Crippen molar-refractivity contribution in [3.8, 4) is 17.3 Å². The molecule has 5 rings (SSSR count). The second kappa shape index (κ2) is 7.10. The van der Waals surface area contributed by atoms with Gasteiger partial charge < -0.3 is 24.5 Å². The van der Waals surface area contributed by atoms with E-state index in [2.05, 4.69) is 20.0 Å². The van der Waals surface area contributed by atoms with E-state index in [4.69, 9.17) is 19.6 Å². The van der Waals surface area contributed by atoms with Crippen molar-refractivity contribution < 1.29 is 13.9 Å². The highest BCUT2D eigenvalue weighted by Gasteiger charge is 2.19. The first-order valence-electron chi connectivity index (χ1n) is 9.23. The Labute approximate surface area is 160 Å². The Morgan fingerprint density at radius 2 is 2.04 bits per heavy atom. The lowest BCUT2D eigenvalue weighted by atomic mass is 10.2. The van der Waals surface area contributed by atoms with Gasteiger partial charge in [-0.05, 0) is 18.2 Å². The van der Waals surface area contributed by atoms with Gasteiger partial charge in [0.2, 0.25) is 5.88 Å². The SMILES string of the molecule is NCCOc1ccc2ncc(-c3cc4c(N5CCOCC5)nccc4o3)n2n1. The molecule has 1 aliphatic heterocycles. The van der Waals surface area contributed by atoms with Gasteiger partial charge in [0, 0.05) is 31.9 Å². The van der Waals surface area contributed by atoms with Crippen LogP contribution in [0.15, 0.2) is 41.1 Å². The third kappa shape index (κ3) is 2.94. The molecule has 0 amide bonds. The number of imidazole rings is 1. The number of morpholine rings is 1. The summed E-state index contributed by atoms with van der Waals surface area (Å²) < 4.78 is 18.8. The minimum absolute atomic E-state index is 0.405. The van der Waals surface area contributed by atoms with Crippen molar-refractivity contribution in [2.24, 2.45) is 5.73 Å². The Hall–Kier alpha value is -3.17. The number of hydrogen-bond donors (Lipinski definition) is 1. The molecule has 0 aromatic carbocycles. The quantitative estimate of drug-likeness (QED) is 0.558. The van der Waals surface area contributed by atoms with Gasteiger partial charge in [0.15, 0.2) is 11.4 Å². The van der Waals surface area contributed by atoms with Gasteiger partial charge in [0.1, 0.15) is 23.7 Å². The molecule has 0 bridgehead atoms. The molecule has 0 spiro atoms. The topological polar surface area (TPSA) is 104 Å². The molecule has 9 heteroatoms. The minimum atomic E-state index is 0.405. The summed E-state index contributed by atoms with van der Waals surface area (Å²) in [5.41, 5.74) is 7.74. The van der Waals surface area contributed by atoms with E-state index < -0.39 is 0 Å². The maximum Gasteiger partial charge on any atom is 0.231 e. The standard InChI is InChI=1S/C19H20N6O3/c20-4-8-27-18-2-1-17-22-12-14(25(17)23-18)16-11-13-15(28-16)3-5-21-19(13)24-6-9-26-10-7-24/h1-3,5,11-12H,4,6-10,20H2. The van der Waals surface area contributed by atoms with E-state index in [1.165, 1.54) is 0 Å². The number of nitrogens with two attached hydrogens (primary N) is 1. The first kappa shape index (κ1) is 17.0. The van der Waals surface area contributed by atoms with Crippen molar-refractivity contribution in [2.75, 3.05) is 44.4 Å². The predicted octanol–water partition coefficient (Wildman–Crippen LogP) is 1.71. The van der Waals surface area contributed by atoms with Crippen LogP contribution in [0.2, 0.25) is 0 Å². The van der Waals surface area contributed by atoms with Crippen LogP contribution in [-0.4, -0.2) is 59.0 Å². The van der Waals surface area contributed by atoms with Crippen molar-refractivity contribution >= 4 is 22.4 Å². The van der Waals surface area contributed by atoms with E-state index >= 15 is 0 Å². The number of fused-ring (bicyclic) bond motifs is 2. The number of pyridine rings is 1. The highest BCUT2D eigenvalue weighted by Crippen LogP contribution is 2.33. The van der Waals surface area contributed by atoms with Crippen molar-refractivity contribution in [3.05, 3.63) is 36.7 Å². The smallest absolute Gasteiger partial charge is 0.231 e. The molecule has 1 aliphatic rings. The number of furan rings is 1. The van der Waals surface area contributed by atoms with Crippen molar-refractivity contribution in [1.29, 1.82) is 0 Å². The molecule has 5 heterocycles. The van der Waals surface area contributed by atoms with Crippen LogP contribution in [0, 0.1) is 0 Å². The second-order valence-corrected chi connectivity index (χ2v) is 6.48. The first-order chi connectivity index (χ1) is 13.8. The zero-order chi connectivity index (χ0) is 18.9. The lowest BCUT2D eigenvalue weighted by molar-refractivity contribution is 0.122. The molecule has 144 valence electrons. The van der Waals surface area contributed by atoms with Crippen LogP contribution in [-0.2, 0) is 4.74 Å². The first-order valence-corrected chi connectivity index (χ1v) is 9.23. The van der Waals surface area contributed by atoms with E-state index in [-0.39, 0.29) is 0 Å². The molecule has 9 nitrogen and oxygen atoms in total. The second-order valence-electron chi connectivity index (χ2n) is 6.48. The van der Waals surface area contributed by atoms with Gasteiger partial charge in [-0.15, -0.1) is 5.10 Å². The van der Waals surface area contributed by atoms with E-state index in [1.54, 1.807) is 23.0 Å². The maximum absolute atomic E-state index is 6.11. The van der Waals surface area contributed by atoms with Gasteiger partial charge in [-0.1, -0.05) is 0 Å². The molecule has 1 fully saturated rings. The molecular formula is C19H20N6O3. The summed E-state index contributed by atoms with van der Waals surface area (Å²) in [5, 5.41) is 5.47. The lowest BCUT2D eigenvalue weighted by Gasteiger charge is -2.28. The summed E-state index contributed by atoms with van der Waals surface area (Å²) in [5.74, 6) is 2.07. The number of rotatable bonds is 5. The third-order valence-corrected chi connectivity index (χ3v) is 4.69. The predicted molar refractivity (Wildman–Crippen MR) is 104 cm³/mol. The number of ether oxygens (including phenoxy) is 2. The van der Waals surface area contributed by atoms with E-state index in [0.717, 1.165) is 35.6 Å². The minimum Gasteiger partial charge on any atom is -0.475 e. The number of aromatic nitrogens is 4. The van der Waals surface area contributed by atoms with Gasteiger partial charge in [-0.3, -0.25) is 0 Å². The molecule has 4 aromatic heterocycles. The average Bonchev–Trinajstić information content (AvgIpc) is 3.36. The summed E-state index contributed by atoms with van der Waals surface area (Å²) in [7, 11) is 0. The van der Waals surface area contributed by atoms with Crippen molar-refractivity contribution in [3.63, 3.8) is 0 Å². The summed E-state index contributed by atoms with van der Waals surface area (Å²) in [6.45, 7) is 3.85. The largest absolute Gasteiger partial charge is 0.475 e. The third-order valence-electron chi connectivity index (χ3n) is 4.69.